The first-order valence-corrected chi connectivity index (χ1v) is 11.3. The smallest absolute Gasteiger partial charge is 0.320 e. The van der Waals surface area contributed by atoms with Gasteiger partial charge in [0.15, 0.2) is 0 Å². The fourth-order valence-electron chi connectivity index (χ4n) is 2.70. The van der Waals surface area contributed by atoms with Gasteiger partial charge in [-0.05, 0) is 55.0 Å². The molecule has 7 heteroatoms. The van der Waals surface area contributed by atoms with Gasteiger partial charge in [-0.2, -0.15) is 11.8 Å². The number of carboxylic acids is 1. The number of amides is 1. The third-order valence-corrected chi connectivity index (χ3v) is 4.89. The van der Waals surface area contributed by atoms with E-state index in [2.05, 4.69) is 13.8 Å². The van der Waals surface area contributed by atoms with Crippen LogP contribution in [0.25, 0.3) is 0 Å². The second-order valence-electron chi connectivity index (χ2n) is 7.31. The van der Waals surface area contributed by atoms with E-state index in [0.29, 0.717) is 18.8 Å². The second kappa shape index (κ2) is 13.8. The van der Waals surface area contributed by atoms with Gasteiger partial charge in [0, 0.05) is 11.4 Å². The molecule has 0 fully saturated rings. The number of carbonyl (C=O) groups is 2. The van der Waals surface area contributed by atoms with Gasteiger partial charge in [0.05, 0.1) is 6.04 Å². The van der Waals surface area contributed by atoms with Crippen LogP contribution < -0.4 is 16.4 Å². The molecule has 2 rings (SSSR count). The van der Waals surface area contributed by atoms with Gasteiger partial charge in [0.2, 0.25) is 5.91 Å². The summed E-state index contributed by atoms with van der Waals surface area (Å²) >= 11 is 1.60. The van der Waals surface area contributed by atoms with Crippen LogP contribution in [0.15, 0.2) is 60.7 Å². The highest BCUT2D eigenvalue weighted by atomic mass is 32.2. The Labute approximate surface area is 183 Å². The maximum atomic E-state index is 12.8. The lowest BCUT2D eigenvalue weighted by Crippen LogP contribution is -2.42. The van der Waals surface area contributed by atoms with Crippen LogP contribution in [0.4, 0.5) is 11.4 Å². The predicted molar refractivity (Wildman–Crippen MR) is 126 cm³/mol. The molecule has 0 bridgehead atoms. The third-order valence-electron chi connectivity index (χ3n) is 4.24. The lowest BCUT2D eigenvalue weighted by atomic mass is 10.0. The van der Waals surface area contributed by atoms with Crippen LogP contribution in [-0.4, -0.2) is 41.1 Å². The summed E-state index contributed by atoms with van der Waals surface area (Å²) in [5.74, 6) is 0.218. The van der Waals surface area contributed by atoms with E-state index in [4.69, 9.17) is 16.6 Å². The van der Waals surface area contributed by atoms with Gasteiger partial charge >= 0.3 is 5.97 Å². The minimum Gasteiger partial charge on any atom is -0.480 e. The molecule has 2 atom stereocenters. The molecule has 0 spiro atoms. The van der Waals surface area contributed by atoms with E-state index in [9.17, 15) is 9.59 Å². The summed E-state index contributed by atoms with van der Waals surface area (Å²) in [5.41, 5.74) is 13.0. The van der Waals surface area contributed by atoms with Crippen molar-refractivity contribution < 1.29 is 14.7 Å². The van der Waals surface area contributed by atoms with Gasteiger partial charge in [0.25, 0.3) is 0 Å². The molecule has 0 aliphatic rings. The summed E-state index contributed by atoms with van der Waals surface area (Å²) in [4.78, 5) is 24.6. The lowest BCUT2D eigenvalue weighted by molar-refractivity contribution is -0.138. The van der Waals surface area contributed by atoms with Crippen LogP contribution in [0.2, 0.25) is 0 Å². The van der Waals surface area contributed by atoms with Crippen molar-refractivity contribution in [2.75, 3.05) is 16.9 Å². The Kier molecular flexibility index (Phi) is 11.8. The number of rotatable bonds is 9. The molecule has 0 saturated heterocycles. The van der Waals surface area contributed by atoms with Crippen molar-refractivity contribution in [3.8, 4) is 0 Å². The summed E-state index contributed by atoms with van der Waals surface area (Å²) in [6.07, 6.45) is 3.15. The van der Waals surface area contributed by atoms with E-state index >= 15 is 0 Å². The fourth-order valence-corrected chi connectivity index (χ4v) is 3.19. The molecule has 1 amide bonds. The Balaban J connectivity index is 0.000000424. The summed E-state index contributed by atoms with van der Waals surface area (Å²) in [5, 5.41) is 8.27. The Morgan fingerprint density at radius 1 is 0.933 bits per heavy atom. The molecule has 0 heterocycles. The van der Waals surface area contributed by atoms with Gasteiger partial charge in [-0.15, -0.1) is 0 Å². The monoisotopic (exact) mass is 431 g/mol. The van der Waals surface area contributed by atoms with Gasteiger partial charge in [-0.1, -0.05) is 50.2 Å². The molecule has 2 aromatic carbocycles. The Morgan fingerprint density at radius 2 is 1.40 bits per heavy atom. The number of para-hydroxylation sites is 2. The normalized spacial score (nSPS) is 12.5. The number of hydrogen-bond donors (Lipinski definition) is 3. The number of benzene rings is 2. The summed E-state index contributed by atoms with van der Waals surface area (Å²) in [6, 6.07) is 18.1. The average molecular weight is 432 g/mol. The maximum absolute atomic E-state index is 12.8. The summed E-state index contributed by atoms with van der Waals surface area (Å²) < 4.78 is 0. The first-order chi connectivity index (χ1) is 14.3. The largest absolute Gasteiger partial charge is 0.480 e. The van der Waals surface area contributed by atoms with E-state index in [1.807, 2.05) is 66.9 Å². The van der Waals surface area contributed by atoms with E-state index in [-0.39, 0.29) is 5.91 Å². The van der Waals surface area contributed by atoms with Crippen LogP contribution in [0.1, 0.15) is 26.7 Å². The highest BCUT2D eigenvalue weighted by Crippen LogP contribution is 2.26. The van der Waals surface area contributed by atoms with Gasteiger partial charge in [-0.3, -0.25) is 14.5 Å². The highest BCUT2D eigenvalue weighted by Gasteiger charge is 2.24. The summed E-state index contributed by atoms with van der Waals surface area (Å²) in [7, 11) is 0. The number of carboxylic acid groups (broad SMARTS) is 1. The first-order valence-electron chi connectivity index (χ1n) is 9.94. The van der Waals surface area contributed by atoms with Gasteiger partial charge in [0.1, 0.15) is 6.04 Å². The molecular weight excluding hydrogens is 398 g/mol. The van der Waals surface area contributed by atoms with Crippen LogP contribution in [0.3, 0.4) is 0 Å². The molecule has 164 valence electrons. The molecule has 0 radical (unpaired) electrons. The molecule has 0 saturated carbocycles. The number of thioether (sulfide) groups is 1. The van der Waals surface area contributed by atoms with Crippen LogP contribution in [0, 0.1) is 5.92 Å². The van der Waals surface area contributed by atoms with Crippen molar-refractivity contribution in [1.29, 1.82) is 0 Å². The number of nitrogens with zero attached hydrogens (tertiary/aromatic N) is 1. The zero-order valence-electron chi connectivity index (χ0n) is 17.9. The van der Waals surface area contributed by atoms with Gasteiger partial charge in [-0.25, -0.2) is 0 Å². The van der Waals surface area contributed by atoms with Crippen molar-refractivity contribution in [3.05, 3.63) is 60.7 Å². The SMILES string of the molecule is CC(C)CC(N)C(=O)N(c1ccccc1)c1ccccc1.CSCCC(N)C(=O)O. The van der Waals surface area contributed by atoms with Crippen molar-refractivity contribution in [1.82, 2.24) is 0 Å². The molecule has 0 aliphatic heterocycles. The molecule has 30 heavy (non-hydrogen) atoms. The number of hydrogen-bond acceptors (Lipinski definition) is 5. The molecule has 0 aliphatic carbocycles. The first kappa shape index (κ1) is 25.7. The molecule has 6 nitrogen and oxygen atoms in total. The minimum absolute atomic E-state index is 0.0684. The minimum atomic E-state index is -0.913. The zero-order valence-corrected chi connectivity index (χ0v) is 18.7. The van der Waals surface area contributed by atoms with E-state index < -0.39 is 18.1 Å². The maximum Gasteiger partial charge on any atom is 0.320 e. The molecule has 2 aromatic rings. The number of aliphatic carboxylic acids is 1. The quantitative estimate of drug-likeness (QED) is 0.556. The van der Waals surface area contributed by atoms with E-state index in [0.717, 1.165) is 17.1 Å². The molecule has 0 aromatic heterocycles. The van der Waals surface area contributed by atoms with Gasteiger partial charge < -0.3 is 16.6 Å². The number of anilines is 2. The number of carbonyl (C=O) groups excluding carboxylic acids is 1. The van der Waals surface area contributed by atoms with Crippen LogP contribution >= 0.6 is 11.8 Å². The number of nitrogens with two attached hydrogens (primary N) is 2. The average Bonchev–Trinajstić information content (AvgIpc) is 2.73. The molecule has 2 unspecified atom stereocenters. The third kappa shape index (κ3) is 8.98. The van der Waals surface area contributed by atoms with Crippen LogP contribution in [-0.2, 0) is 9.59 Å². The Morgan fingerprint density at radius 3 is 1.77 bits per heavy atom. The van der Waals surface area contributed by atoms with Crippen molar-refractivity contribution in [3.63, 3.8) is 0 Å². The zero-order chi connectivity index (χ0) is 22.5. The van der Waals surface area contributed by atoms with Crippen molar-refractivity contribution in [2.45, 2.75) is 38.8 Å². The van der Waals surface area contributed by atoms with Crippen molar-refractivity contribution in [2.24, 2.45) is 17.4 Å². The predicted octanol–water partition coefficient (Wildman–Crippen LogP) is 3.88. The Bertz CT molecular complexity index is 717. The topological polar surface area (TPSA) is 110 Å². The standard InChI is InChI=1S/C18H22N2O.C5H11NO2S/c1-14(2)13-17(19)18(21)20(15-9-5-3-6-10-15)16-11-7-4-8-12-16;1-9-3-2-4(6)5(7)8/h3-12,14,17H,13,19H2,1-2H3;4H,2-3,6H2,1H3,(H,7,8). The summed E-state index contributed by atoms with van der Waals surface area (Å²) in [6.45, 7) is 4.14. The van der Waals surface area contributed by atoms with E-state index in [1.165, 1.54) is 0 Å². The molecule has 5 N–H and O–H groups in total. The molecular formula is C23H33N3O3S. The fraction of sp³-hybridized carbons (Fsp3) is 0.391. The van der Waals surface area contributed by atoms with Crippen molar-refractivity contribution >= 4 is 35.0 Å². The highest BCUT2D eigenvalue weighted by molar-refractivity contribution is 7.98. The lowest BCUT2D eigenvalue weighted by Gasteiger charge is -2.26. The second-order valence-corrected chi connectivity index (χ2v) is 8.29. The van der Waals surface area contributed by atoms with E-state index in [1.54, 1.807) is 16.7 Å². The Hall–Kier alpha value is -2.35. The van der Waals surface area contributed by atoms with Crippen LogP contribution in [0.5, 0.6) is 0 Å².